The van der Waals surface area contributed by atoms with Gasteiger partial charge in [-0.15, -0.1) is 0 Å². The molecule has 9 nitrogen and oxygen atoms in total. The van der Waals surface area contributed by atoms with Crippen LogP contribution in [0.15, 0.2) is 29.4 Å². The summed E-state index contributed by atoms with van der Waals surface area (Å²) in [4.78, 5) is 39.7. The number of halogens is 1. The summed E-state index contributed by atoms with van der Waals surface area (Å²) in [7, 11) is 1.51. The third kappa shape index (κ3) is 4.03. The molecule has 0 radical (unpaired) electrons. The third-order valence-corrected chi connectivity index (χ3v) is 7.53. The highest BCUT2D eigenvalue weighted by atomic mass is 127. The van der Waals surface area contributed by atoms with Crippen LogP contribution in [0.5, 0.6) is 11.5 Å². The van der Waals surface area contributed by atoms with Gasteiger partial charge in [-0.3, -0.25) is 14.4 Å². The van der Waals surface area contributed by atoms with E-state index in [0.717, 1.165) is 15.0 Å². The molecule has 2 saturated heterocycles. The van der Waals surface area contributed by atoms with Gasteiger partial charge in [0.05, 0.1) is 41.9 Å². The Hall–Kier alpha value is -2.47. The second-order valence-corrected chi connectivity index (χ2v) is 9.71. The van der Waals surface area contributed by atoms with Crippen LogP contribution in [0.3, 0.4) is 0 Å². The molecule has 0 N–H and O–H groups in total. The number of allylic oxidation sites excluding steroid dienone is 2. The Morgan fingerprint density at radius 3 is 2.48 bits per heavy atom. The summed E-state index contributed by atoms with van der Waals surface area (Å²) in [6, 6.07) is 3.51. The molecular weight excluding hydrogens is 541 g/mol. The van der Waals surface area contributed by atoms with Crippen LogP contribution in [0.25, 0.3) is 0 Å². The monoisotopic (exact) mass is 565 g/mol. The van der Waals surface area contributed by atoms with Gasteiger partial charge >= 0.3 is 0 Å². The van der Waals surface area contributed by atoms with Gasteiger partial charge in [0.2, 0.25) is 0 Å². The molecule has 4 aliphatic rings. The van der Waals surface area contributed by atoms with Gasteiger partial charge in [-0.1, -0.05) is 12.2 Å². The molecule has 10 heteroatoms. The summed E-state index contributed by atoms with van der Waals surface area (Å²) in [5.41, 5.74) is 0.655. The predicted molar refractivity (Wildman–Crippen MR) is 126 cm³/mol. The Kier molecular flexibility index (Phi) is 6.12. The largest absolute Gasteiger partial charge is 0.493 e. The van der Waals surface area contributed by atoms with Crippen molar-refractivity contribution in [2.24, 2.45) is 28.8 Å². The number of rotatable bonds is 6. The first-order valence-corrected chi connectivity index (χ1v) is 12.0. The van der Waals surface area contributed by atoms with Crippen LogP contribution in [0.2, 0.25) is 0 Å². The summed E-state index contributed by atoms with van der Waals surface area (Å²) in [5, 5.41) is 5.25. The number of morpholine rings is 1. The van der Waals surface area contributed by atoms with Gasteiger partial charge in [-0.25, -0.2) is 0 Å². The average molecular weight is 565 g/mol. The number of fused-ring (bicyclic) bond motifs is 5. The standard InChI is InChI=1S/C23H24IN3O6/c1-31-17-9-13(8-16(24)21(17)33-12-18(28)26-4-6-32-7-5-26)11-25-27-22(29)19-14-2-3-15(10-14)20(19)23(27)30/h2-3,8-9,11,14-15,19-20H,4-7,10,12H2,1H3/t14-,15-,19-,20+/m0/s1. The van der Waals surface area contributed by atoms with Crippen molar-refractivity contribution in [1.82, 2.24) is 9.91 Å². The number of benzene rings is 1. The minimum absolute atomic E-state index is 0.101. The maximum atomic E-state index is 12.8. The van der Waals surface area contributed by atoms with Crippen LogP contribution < -0.4 is 9.47 Å². The topological polar surface area (TPSA) is 97.7 Å². The normalized spacial score (nSPS) is 28.2. The van der Waals surface area contributed by atoms with Crippen LogP contribution >= 0.6 is 22.6 Å². The predicted octanol–water partition coefficient (Wildman–Crippen LogP) is 1.68. The Balaban J connectivity index is 1.28. The number of hydrogen-bond acceptors (Lipinski definition) is 7. The molecule has 5 rings (SSSR count). The van der Waals surface area contributed by atoms with Crippen LogP contribution in [0, 0.1) is 27.2 Å². The number of hydrazone groups is 1. The summed E-state index contributed by atoms with van der Waals surface area (Å²) in [6.45, 7) is 2.07. The Morgan fingerprint density at radius 2 is 1.85 bits per heavy atom. The fraction of sp³-hybridized carbons (Fsp3) is 0.478. The molecule has 1 saturated carbocycles. The van der Waals surface area contributed by atoms with E-state index in [1.165, 1.54) is 13.3 Å². The van der Waals surface area contributed by atoms with Crippen molar-refractivity contribution >= 4 is 46.5 Å². The zero-order valence-electron chi connectivity index (χ0n) is 18.1. The maximum Gasteiger partial charge on any atom is 0.260 e. The van der Waals surface area contributed by atoms with Crippen LogP contribution in [0.4, 0.5) is 0 Å². The van der Waals surface area contributed by atoms with Crippen molar-refractivity contribution in [3.05, 3.63) is 33.4 Å². The van der Waals surface area contributed by atoms with E-state index in [1.807, 2.05) is 0 Å². The van der Waals surface area contributed by atoms with Crippen molar-refractivity contribution in [2.45, 2.75) is 6.42 Å². The number of hydrogen-bond donors (Lipinski definition) is 0. The first-order chi connectivity index (χ1) is 16.0. The number of methoxy groups -OCH3 is 1. The molecule has 3 fully saturated rings. The van der Waals surface area contributed by atoms with E-state index in [0.29, 0.717) is 43.4 Å². The molecular formula is C23H24IN3O6. The SMILES string of the molecule is COc1cc(C=NN2C(=O)[C@@H]3[C@H](C2=O)[C@H]2C=C[C@H]3C2)cc(I)c1OCC(=O)N1CCOCC1. The zero-order chi connectivity index (χ0) is 23.1. The number of amides is 3. The van der Waals surface area contributed by atoms with Crippen molar-refractivity contribution < 1.29 is 28.6 Å². The molecule has 1 aromatic carbocycles. The Labute approximate surface area is 204 Å². The lowest BCUT2D eigenvalue weighted by Crippen LogP contribution is -2.43. The molecule has 4 atom stereocenters. The highest BCUT2D eigenvalue weighted by Crippen LogP contribution is 2.52. The minimum Gasteiger partial charge on any atom is -0.493 e. The molecule has 2 bridgehead atoms. The van der Waals surface area contributed by atoms with Gasteiger partial charge in [-0.05, 0) is 58.5 Å². The van der Waals surface area contributed by atoms with Crippen LogP contribution in [-0.4, -0.2) is 73.9 Å². The number of ether oxygens (including phenoxy) is 3. The summed E-state index contributed by atoms with van der Waals surface area (Å²) in [5.74, 6) is 0.0880. The minimum atomic E-state index is -0.279. The molecule has 2 aliphatic carbocycles. The summed E-state index contributed by atoms with van der Waals surface area (Å²) >= 11 is 2.10. The van der Waals surface area contributed by atoms with Gasteiger partial charge in [0.15, 0.2) is 18.1 Å². The highest BCUT2D eigenvalue weighted by Gasteiger charge is 2.59. The first kappa shape index (κ1) is 22.3. The molecule has 0 spiro atoms. The lowest BCUT2D eigenvalue weighted by Gasteiger charge is -2.27. The lowest BCUT2D eigenvalue weighted by atomic mass is 9.85. The maximum absolute atomic E-state index is 12.8. The van der Waals surface area contributed by atoms with E-state index in [-0.39, 0.29) is 48.0 Å². The second kappa shape index (κ2) is 9.05. The smallest absolute Gasteiger partial charge is 0.260 e. The van der Waals surface area contributed by atoms with Gasteiger partial charge < -0.3 is 19.1 Å². The second-order valence-electron chi connectivity index (χ2n) is 8.55. The quantitative estimate of drug-likeness (QED) is 0.226. The first-order valence-electron chi connectivity index (χ1n) is 10.9. The van der Waals surface area contributed by atoms with E-state index < -0.39 is 0 Å². The molecule has 2 heterocycles. The molecule has 3 amide bonds. The molecule has 2 aliphatic heterocycles. The average Bonchev–Trinajstić information content (AvgIpc) is 3.51. The van der Waals surface area contributed by atoms with Crippen molar-refractivity contribution in [1.29, 1.82) is 0 Å². The number of nitrogens with zero attached hydrogens (tertiary/aromatic N) is 3. The summed E-state index contributed by atoms with van der Waals surface area (Å²) in [6.07, 6.45) is 6.48. The van der Waals surface area contributed by atoms with E-state index in [9.17, 15) is 14.4 Å². The lowest BCUT2D eigenvalue weighted by molar-refractivity contribution is -0.140. The fourth-order valence-corrected chi connectivity index (χ4v) is 5.90. The number of imide groups is 1. The van der Waals surface area contributed by atoms with E-state index in [2.05, 4.69) is 39.8 Å². The van der Waals surface area contributed by atoms with Gasteiger partial charge in [0.25, 0.3) is 17.7 Å². The molecule has 0 aromatic heterocycles. The van der Waals surface area contributed by atoms with Crippen LogP contribution in [0.1, 0.15) is 12.0 Å². The Morgan fingerprint density at radius 1 is 1.18 bits per heavy atom. The van der Waals surface area contributed by atoms with Gasteiger partial charge in [0, 0.05) is 13.1 Å². The Bertz CT molecular complexity index is 1020. The summed E-state index contributed by atoms with van der Waals surface area (Å²) < 4.78 is 17.2. The van der Waals surface area contributed by atoms with E-state index in [4.69, 9.17) is 14.2 Å². The van der Waals surface area contributed by atoms with Gasteiger partial charge in [0.1, 0.15) is 0 Å². The van der Waals surface area contributed by atoms with Gasteiger partial charge in [-0.2, -0.15) is 10.1 Å². The molecule has 33 heavy (non-hydrogen) atoms. The number of carbonyl (C=O) groups is 3. The van der Waals surface area contributed by atoms with Crippen LogP contribution in [-0.2, 0) is 19.1 Å². The fourth-order valence-electron chi connectivity index (χ4n) is 5.12. The number of carbonyl (C=O) groups excluding carboxylic acids is 3. The molecule has 174 valence electrons. The highest BCUT2D eigenvalue weighted by molar-refractivity contribution is 14.1. The van der Waals surface area contributed by atoms with Crippen molar-refractivity contribution in [3.8, 4) is 11.5 Å². The zero-order valence-corrected chi connectivity index (χ0v) is 20.3. The van der Waals surface area contributed by atoms with E-state index >= 15 is 0 Å². The van der Waals surface area contributed by atoms with Crippen molar-refractivity contribution in [2.75, 3.05) is 40.0 Å². The van der Waals surface area contributed by atoms with E-state index in [1.54, 1.807) is 17.0 Å². The van der Waals surface area contributed by atoms with Crippen molar-refractivity contribution in [3.63, 3.8) is 0 Å². The molecule has 1 aromatic rings. The third-order valence-electron chi connectivity index (χ3n) is 6.72. The molecule has 0 unspecified atom stereocenters.